The van der Waals surface area contributed by atoms with Crippen molar-refractivity contribution in [2.75, 3.05) is 22.2 Å². The Morgan fingerprint density at radius 1 is 1.17 bits per heavy atom. The molecule has 0 bridgehead atoms. The van der Waals surface area contributed by atoms with Gasteiger partial charge in [0.15, 0.2) is 23.2 Å². The van der Waals surface area contributed by atoms with Crippen LogP contribution < -0.4 is 15.1 Å². The minimum atomic E-state index is -1.10. The van der Waals surface area contributed by atoms with E-state index in [4.69, 9.17) is 0 Å². The second kappa shape index (κ2) is 7.58. The topological polar surface area (TPSA) is 81.6 Å². The van der Waals surface area contributed by atoms with Gasteiger partial charge in [0.1, 0.15) is 11.7 Å². The fourth-order valence-corrected chi connectivity index (χ4v) is 3.35. The van der Waals surface area contributed by atoms with Crippen molar-refractivity contribution in [3.05, 3.63) is 65.9 Å². The van der Waals surface area contributed by atoms with E-state index < -0.39 is 23.4 Å². The van der Waals surface area contributed by atoms with Crippen molar-refractivity contribution in [1.82, 2.24) is 9.97 Å². The Morgan fingerprint density at radius 3 is 2.50 bits per heavy atom. The predicted octanol–water partition coefficient (Wildman–Crippen LogP) is 3.58. The Balaban J connectivity index is 1.71. The lowest BCUT2D eigenvalue weighted by Crippen LogP contribution is -2.50. The second-order valence-corrected chi connectivity index (χ2v) is 7.00. The highest BCUT2D eigenvalue weighted by molar-refractivity contribution is 6.04. The quantitative estimate of drug-likeness (QED) is 0.639. The fourth-order valence-electron chi connectivity index (χ4n) is 3.35. The number of rotatable bonds is 4. The molecule has 1 aromatic heterocycles. The van der Waals surface area contributed by atoms with Crippen LogP contribution in [0, 0.1) is 11.6 Å². The van der Waals surface area contributed by atoms with Crippen molar-refractivity contribution in [3.8, 4) is 5.75 Å². The van der Waals surface area contributed by atoms with Crippen molar-refractivity contribution < 1.29 is 18.7 Å². The van der Waals surface area contributed by atoms with E-state index in [9.17, 15) is 18.7 Å². The number of halogens is 2. The summed E-state index contributed by atoms with van der Waals surface area (Å²) >= 11 is 0. The Morgan fingerprint density at radius 2 is 1.83 bits per heavy atom. The fraction of sp³-hybridized carbons (Fsp3) is 0.190. The molecular formula is C21H19F2N5O2. The lowest BCUT2D eigenvalue weighted by atomic mass is 10.1. The van der Waals surface area contributed by atoms with E-state index in [0.29, 0.717) is 18.1 Å². The summed E-state index contributed by atoms with van der Waals surface area (Å²) in [5.41, 5.74) is 1.58. The molecule has 2 N–H and O–H groups in total. The van der Waals surface area contributed by atoms with Crippen LogP contribution in [0.15, 0.2) is 48.7 Å². The van der Waals surface area contributed by atoms with E-state index >= 15 is 0 Å². The molecule has 30 heavy (non-hydrogen) atoms. The number of aromatic hydroxyl groups is 1. The first kappa shape index (κ1) is 19.6. The molecule has 1 aliphatic heterocycles. The van der Waals surface area contributed by atoms with Crippen molar-refractivity contribution in [2.24, 2.45) is 0 Å². The van der Waals surface area contributed by atoms with Crippen LogP contribution in [0.3, 0.4) is 0 Å². The van der Waals surface area contributed by atoms with E-state index in [1.165, 1.54) is 11.1 Å². The lowest BCUT2D eigenvalue weighted by Gasteiger charge is -2.39. The number of nitrogens with one attached hydrogen (secondary N) is 1. The Labute approximate surface area is 171 Å². The molecule has 2 aromatic carbocycles. The molecule has 0 aliphatic carbocycles. The number of phenolic OH excluding ortho intramolecular Hbond substituents is 1. The SMILES string of the molecule is C[C@@H]1C(=O)N(C)c2cnc(Nc3cc(F)c(O)c(F)c3)nc2N1Cc1ccccc1. The average molecular weight is 411 g/mol. The number of hydrogen-bond donors (Lipinski definition) is 2. The standard InChI is InChI=1S/C21H19F2N5O2/c1-12-20(30)27(2)17-10-24-21(25-14-8-15(22)18(29)16(23)9-14)26-19(17)28(12)11-13-6-4-3-5-7-13/h3-10,12,29H,11H2,1-2H3,(H,24,25,26)/t12-/m1/s1. The number of hydrogen-bond acceptors (Lipinski definition) is 6. The van der Waals surface area contributed by atoms with Gasteiger partial charge in [-0.05, 0) is 12.5 Å². The largest absolute Gasteiger partial charge is 0.503 e. The van der Waals surface area contributed by atoms with Crippen molar-refractivity contribution in [1.29, 1.82) is 0 Å². The van der Waals surface area contributed by atoms with Crippen LogP contribution in [0.25, 0.3) is 0 Å². The first-order chi connectivity index (χ1) is 14.3. The van der Waals surface area contributed by atoms with E-state index in [0.717, 1.165) is 17.7 Å². The number of carbonyl (C=O) groups excluding carboxylic acids is 1. The number of fused-ring (bicyclic) bond motifs is 1. The Kier molecular flexibility index (Phi) is 4.94. The van der Waals surface area contributed by atoms with Gasteiger partial charge in [0, 0.05) is 31.4 Å². The molecule has 1 atom stereocenters. The molecule has 9 heteroatoms. The molecule has 0 radical (unpaired) electrons. The monoisotopic (exact) mass is 411 g/mol. The Bertz CT molecular complexity index is 1090. The summed E-state index contributed by atoms with van der Waals surface area (Å²) in [4.78, 5) is 24.7. The summed E-state index contributed by atoms with van der Waals surface area (Å²) in [6, 6.07) is 11.1. The minimum Gasteiger partial charge on any atom is -0.503 e. The molecule has 2 heterocycles. The van der Waals surface area contributed by atoms with E-state index in [2.05, 4.69) is 15.3 Å². The second-order valence-electron chi connectivity index (χ2n) is 7.00. The normalized spacial score (nSPS) is 15.9. The summed E-state index contributed by atoms with van der Waals surface area (Å²) < 4.78 is 27.3. The number of phenols is 1. The van der Waals surface area contributed by atoms with Gasteiger partial charge in [0.2, 0.25) is 11.9 Å². The third-order valence-corrected chi connectivity index (χ3v) is 5.01. The number of nitrogens with zero attached hydrogens (tertiary/aromatic N) is 4. The highest BCUT2D eigenvalue weighted by Gasteiger charge is 2.35. The van der Waals surface area contributed by atoms with Crippen LogP contribution in [-0.2, 0) is 11.3 Å². The lowest BCUT2D eigenvalue weighted by molar-refractivity contribution is -0.119. The summed E-state index contributed by atoms with van der Waals surface area (Å²) in [5.74, 6) is -2.71. The zero-order valence-electron chi connectivity index (χ0n) is 16.3. The molecule has 7 nitrogen and oxygen atoms in total. The van der Waals surface area contributed by atoms with Crippen LogP contribution >= 0.6 is 0 Å². The predicted molar refractivity (Wildman–Crippen MR) is 109 cm³/mol. The maximum Gasteiger partial charge on any atom is 0.249 e. The van der Waals surface area contributed by atoms with Gasteiger partial charge in [-0.15, -0.1) is 0 Å². The van der Waals surface area contributed by atoms with E-state index in [-0.39, 0.29) is 17.5 Å². The van der Waals surface area contributed by atoms with Crippen LogP contribution in [-0.4, -0.2) is 34.1 Å². The summed E-state index contributed by atoms with van der Waals surface area (Å²) in [7, 11) is 1.65. The van der Waals surface area contributed by atoms with Crippen molar-refractivity contribution in [2.45, 2.75) is 19.5 Å². The average Bonchev–Trinajstić information content (AvgIpc) is 2.74. The number of anilines is 4. The van der Waals surface area contributed by atoms with Crippen LogP contribution in [0.1, 0.15) is 12.5 Å². The molecule has 154 valence electrons. The third-order valence-electron chi connectivity index (χ3n) is 5.01. The zero-order valence-corrected chi connectivity index (χ0v) is 16.3. The van der Waals surface area contributed by atoms with Gasteiger partial charge < -0.3 is 20.2 Å². The molecule has 0 unspecified atom stereocenters. The molecule has 0 fully saturated rings. The van der Waals surface area contributed by atoms with Gasteiger partial charge in [-0.2, -0.15) is 4.98 Å². The smallest absolute Gasteiger partial charge is 0.249 e. The van der Waals surface area contributed by atoms with Gasteiger partial charge in [0.25, 0.3) is 0 Å². The van der Waals surface area contributed by atoms with Crippen LogP contribution in [0.5, 0.6) is 5.75 Å². The van der Waals surface area contributed by atoms with Crippen LogP contribution in [0.2, 0.25) is 0 Å². The minimum absolute atomic E-state index is 0.0469. The molecule has 4 rings (SSSR count). The third kappa shape index (κ3) is 3.49. The molecule has 0 saturated heterocycles. The number of aromatic nitrogens is 2. The number of benzene rings is 2. The van der Waals surface area contributed by atoms with Gasteiger partial charge in [0.05, 0.1) is 6.20 Å². The summed E-state index contributed by atoms with van der Waals surface area (Å²) in [6.45, 7) is 2.25. The first-order valence-corrected chi connectivity index (χ1v) is 9.25. The van der Waals surface area contributed by atoms with Crippen molar-refractivity contribution in [3.63, 3.8) is 0 Å². The van der Waals surface area contributed by atoms with Gasteiger partial charge in [-0.1, -0.05) is 30.3 Å². The molecule has 0 spiro atoms. The van der Waals surface area contributed by atoms with E-state index in [1.807, 2.05) is 35.2 Å². The molecule has 1 aliphatic rings. The summed E-state index contributed by atoms with van der Waals surface area (Å²) in [6.07, 6.45) is 1.49. The van der Waals surface area contributed by atoms with Gasteiger partial charge >= 0.3 is 0 Å². The highest BCUT2D eigenvalue weighted by atomic mass is 19.1. The first-order valence-electron chi connectivity index (χ1n) is 9.25. The van der Waals surface area contributed by atoms with E-state index in [1.54, 1.807) is 14.0 Å². The Hall–Kier alpha value is -3.75. The maximum absolute atomic E-state index is 13.6. The highest BCUT2D eigenvalue weighted by Crippen LogP contribution is 2.35. The van der Waals surface area contributed by atoms with Crippen molar-refractivity contribution >= 4 is 29.0 Å². The maximum atomic E-state index is 13.6. The number of amides is 1. The molecular weight excluding hydrogens is 392 g/mol. The number of carbonyl (C=O) groups is 1. The molecule has 1 amide bonds. The molecule has 3 aromatic rings. The van der Waals surface area contributed by atoms with Gasteiger partial charge in [-0.3, -0.25) is 4.79 Å². The molecule has 0 saturated carbocycles. The summed E-state index contributed by atoms with van der Waals surface area (Å²) in [5, 5.41) is 12.0. The number of likely N-dealkylation sites (N-methyl/N-ethyl adjacent to an activating group) is 1. The zero-order chi connectivity index (χ0) is 21.4. The van der Waals surface area contributed by atoms with Gasteiger partial charge in [-0.25, -0.2) is 13.8 Å². The van der Waals surface area contributed by atoms with Crippen LogP contribution in [0.4, 0.5) is 31.9 Å².